The van der Waals surface area contributed by atoms with Gasteiger partial charge in [0.2, 0.25) is 0 Å². The van der Waals surface area contributed by atoms with Crippen LogP contribution in [0.3, 0.4) is 0 Å². The summed E-state index contributed by atoms with van der Waals surface area (Å²) < 4.78 is 5.20. The summed E-state index contributed by atoms with van der Waals surface area (Å²) in [6.45, 7) is 2.18. The maximum Gasteiger partial charge on any atom is 0.334 e. The Morgan fingerprint density at radius 2 is 1.95 bits per heavy atom. The lowest BCUT2D eigenvalue weighted by molar-refractivity contribution is -0.138. The van der Waals surface area contributed by atoms with E-state index in [1.54, 1.807) is 0 Å². The highest BCUT2D eigenvalue weighted by molar-refractivity contribution is 6.30. The predicted molar refractivity (Wildman–Crippen MR) is 84.3 cm³/mol. The van der Waals surface area contributed by atoms with Crippen molar-refractivity contribution in [1.82, 2.24) is 0 Å². The first-order valence-electron chi connectivity index (χ1n) is 6.94. The monoisotopic (exact) mass is 298 g/mol. The second-order valence-electron chi connectivity index (χ2n) is 4.94. The number of benzene rings is 2. The Balaban J connectivity index is 2.10. The molecule has 1 unspecified atom stereocenters. The second kappa shape index (κ2) is 5.74. The van der Waals surface area contributed by atoms with E-state index in [4.69, 9.17) is 16.3 Å². The van der Waals surface area contributed by atoms with Crippen molar-refractivity contribution in [3.63, 3.8) is 0 Å². The molecule has 0 amide bonds. The van der Waals surface area contributed by atoms with Gasteiger partial charge in [-0.25, -0.2) is 4.79 Å². The molecular weight excluding hydrogens is 284 g/mol. The minimum atomic E-state index is -0.265. The van der Waals surface area contributed by atoms with E-state index in [-0.39, 0.29) is 11.9 Å². The number of halogens is 1. The van der Waals surface area contributed by atoms with Crippen LogP contribution in [0.15, 0.2) is 54.1 Å². The molecule has 0 saturated heterocycles. The second-order valence-corrected chi connectivity index (χ2v) is 5.37. The number of hydrogen-bond acceptors (Lipinski definition) is 2. The van der Waals surface area contributed by atoms with Gasteiger partial charge in [0.15, 0.2) is 0 Å². The van der Waals surface area contributed by atoms with Gasteiger partial charge in [0.05, 0.1) is 6.61 Å². The molecule has 2 aromatic carbocycles. The molecule has 0 heterocycles. The molecule has 106 valence electrons. The Labute approximate surface area is 129 Å². The largest absolute Gasteiger partial charge is 0.463 e. The zero-order valence-corrected chi connectivity index (χ0v) is 12.4. The first kappa shape index (κ1) is 13.9. The van der Waals surface area contributed by atoms with Gasteiger partial charge in [0.25, 0.3) is 0 Å². The number of carbonyl (C=O) groups excluding carboxylic acids is 1. The molecule has 1 atom stereocenters. The standard InChI is InChI=1S/C18H15ClO2/c1-2-21-18(20)16-11-13-10-14(19)8-9-15(13)17(16)12-6-4-3-5-7-12/h3-11,17H,2H2,1H3. The van der Waals surface area contributed by atoms with Crippen molar-refractivity contribution in [3.8, 4) is 0 Å². The van der Waals surface area contributed by atoms with Crippen molar-refractivity contribution in [1.29, 1.82) is 0 Å². The third kappa shape index (κ3) is 2.59. The highest BCUT2D eigenvalue weighted by Crippen LogP contribution is 2.42. The molecule has 0 spiro atoms. The van der Waals surface area contributed by atoms with Gasteiger partial charge in [-0.3, -0.25) is 0 Å². The van der Waals surface area contributed by atoms with Gasteiger partial charge in [0, 0.05) is 16.5 Å². The third-order valence-corrected chi connectivity index (χ3v) is 3.86. The summed E-state index contributed by atoms with van der Waals surface area (Å²) in [6.07, 6.45) is 1.89. The summed E-state index contributed by atoms with van der Waals surface area (Å²) in [4.78, 5) is 12.3. The summed E-state index contributed by atoms with van der Waals surface area (Å²) in [5.41, 5.74) is 3.83. The van der Waals surface area contributed by atoms with E-state index in [2.05, 4.69) is 0 Å². The summed E-state index contributed by atoms with van der Waals surface area (Å²) in [5.74, 6) is -0.351. The number of esters is 1. The lowest BCUT2D eigenvalue weighted by Gasteiger charge is -2.16. The van der Waals surface area contributed by atoms with Crippen LogP contribution in [0, 0.1) is 0 Å². The average molecular weight is 299 g/mol. The van der Waals surface area contributed by atoms with E-state index in [1.165, 1.54) is 0 Å². The van der Waals surface area contributed by atoms with E-state index in [0.717, 1.165) is 16.7 Å². The maximum atomic E-state index is 12.3. The predicted octanol–water partition coefficient (Wildman–Crippen LogP) is 4.43. The Morgan fingerprint density at radius 3 is 2.67 bits per heavy atom. The zero-order chi connectivity index (χ0) is 14.8. The van der Waals surface area contributed by atoms with Gasteiger partial charge in [0.1, 0.15) is 0 Å². The van der Waals surface area contributed by atoms with Crippen LogP contribution in [-0.4, -0.2) is 12.6 Å². The summed E-state index contributed by atoms with van der Waals surface area (Å²) in [6, 6.07) is 15.7. The smallest absolute Gasteiger partial charge is 0.334 e. The Hall–Kier alpha value is -2.06. The van der Waals surface area contributed by atoms with E-state index in [1.807, 2.05) is 61.5 Å². The van der Waals surface area contributed by atoms with Crippen LogP contribution in [-0.2, 0) is 9.53 Å². The Bertz CT molecular complexity index is 704. The fourth-order valence-corrected chi connectivity index (χ4v) is 2.93. The Kier molecular flexibility index (Phi) is 3.80. The molecule has 0 bridgehead atoms. The lowest BCUT2D eigenvalue weighted by atomic mass is 9.88. The van der Waals surface area contributed by atoms with Crippen molar-refractivity contribution in [2.75, 3.05) is 6.61 Å². The summed E-state index contributed by atoms with van der Waals surface area (Å²) >= 11 is 6.06. The molecule has 0 aromatic heterocycles. The number of rotatable bonds is 3. The molecular formula is C18H15ClO2. The minimum absolute atomic E-state index is 0.0856. The Morgan fingerprint density at radius 1 is 1.19 bits per heavy atom. The molecule has 0 N–H and O–H groups in total. The lowest BCUT2D eigenvalue weighted by Crippen LogP contribution is -2.13. The molecule has 1 aliphatic rings. The molecule has 21 heavy (non-hydrogen) atoms. The van der Waals surface area contributed by atoms with Gasteiger partial charge in [-0.1, -0.05) is 48.0 Å². The van der Waals surface area contributed by atoms with E-state index in [9.17, 15) is 4.79 Å². The van der Waals surface area contributed by atoms with Crippen molar-refractivity contribution < 1.29 is 9.53 Å². The first-order chi connectivity index (χ1) is 10.2. The van der Waals surface area contributed by atoms with Crippen molar-refractivity contribution in [3.05, 3.63) is 75.8 Å². The van der Waals surface area contributed by atoms with Crippen LogP contribution in [0.25, 0.3) is 6.08 Å². The summed E-state index contributed by atoms with van der Waals surface area (Å²) in [5, 5.41) is 0.668. The quantitative estimate of drug-likeness (QED) is 0.784. The van der Waals surface area contributed by atoms with Gasteiger partial charge in [-0.05, 0) is 41.8 Å². The van der Waals surface area contributed by atoms with Crippen LogP contribution in [0.1, 0.15) is 29.5 Å². The fraction of sp³-hybridized carbons (Fsp3) is 0.167. The van der Waals surface area contributed by atoms with E-state index >= 15 is 0 Å². The van der Waals surface area contributed by atoms with Gasteiger partial charge in [-0.15, -0.1) is 0 Å². The maximum absolute atomic E-state index is 12.3. The van der Waals surface area contributed by atoms with Gasteiger partial charge < -0.3 is 4.74 Å². The minimum Gasteiger partial charge on any atom is -0.463 e. The molecule has 3 heteroatoms. The molecule has 2 nitrogen and oxygen atoms in total. The van der Waals surface area contributed by atoms with Crippen molar-refractivity contribution in [2.24, 2.45) is 0 Å². The number of fused-ring (bicyclic) bond motifs is 1. The van der Waals surface area contributed by atoms with Crippen LogP contribution in [0.4, 0.5) is 0 Å². The molecule has 3 rings (SSSR count). The van der Waals surface area contributed by atoms with Crippen LogP contribution in [0.5, 0.6) is 0 Å². The van der Waals surface area contributed by atoms with E-state index < -0.39 is 0 Å². The normalized spacial score (nSPS) is 16.3. The van der Waals surface area contributed by atoms with Crippen molar-refractivity contribution in [2.45, 2.75) is 12.8 Å². The highest BCUT2D eigenvalue weighted by atomic mass is 35.5. The average Bonchev–Trinajstić information content (AvgIpc) is 2.87. The molecule has 2 aromatic rings. The zero-order valence-electron chi connectivity index (χ0n) is 11.7. The van der Waals surface area contributed by atoms with E-state index in [0.29, 0.717) is 17.2 Å². The van der Waals surface area contributed by atoms with Crippen LogP contribution >= 0.6 is 11.6 Å². The van der Waals surface area contributed by atoms with Crippen LogP contribution < -0.4 is 0 Å². The number of ether oxygens (including phenoxy) is 1. The summed E-state index contributed by atoms with van der Waals surface area (Å²) in [7, 11) is 0. The molecule has 0 fully saturated rings. The highest BCUT2D eigenvalue weighted by Gasteiger charge is 2.31. The van der Waals surface area contributed by atoms with Gasteiger partial charge >= 0.3 is 5.97 Å². The molecule has 0 radical (unpaired) electrons. The third-order valence-electron chi connectivity index (χ3n) is 3.63. The SMILES string of the molecule is CCOC(=O)C1=Cc2cc(Cl)ccc2C1c1ccccc1. The van der Waals surface area contributed by atoms with Crippen LogP contribution in [0.2, 0.25) is 5.02 Å². The molecule has 0 saturated carbocycles. The fourth-order valence-electron chi connectivity index (χ4n) is 2.75. The topological polar surface area (TPSA) is 26.3 Å². The first-order valence-corrected chi connectivity index (χ1v) is 7.31. The number of hydrogen-bond donors (Lipinski definition) is 0. The molecule has 1 aliphatic carbocycles. The number of carbonyl (C=O) groups is 1. The van der Waals surface area contributed by atoms with Crippen molar-refractivity contribution >= 4 is 23.6 Å². The molecule has 0 aliphatic heterocycles. The van der Waals surface area contributed by atoms with Gasteiger partial charge in [-0.2, -0.15) is 0 Å².